The molecule has 0 saturated heterocycles. The minimum atomic E-state index is -0.590. The first-order valence-corrected chi connectivity index (χ1v) is 8.42. The standard InChI is InChI=1S/C19H16ClFN4O2/c1-11-16(10-22-25(11)15-5-3-4-13(20)8-15)19(27)24-14-6-7-17(21)18(9-14)23-12(2)26/h3-10H,1-2H3,(H,23,26)(H,24,27). The van der Waals surface area contributed by atoms with Crippen molar-refractivity contribution in [3.63, 3.8) is 0 Å². The molecule has 0 radical (unpaired) electrons. The van der Waals surface area contributed by atoms with Gasteiger partial charge < -0.3 is 10.6 Å². The molecule has 2 aromatic carbocycles. The third-order valence-electron chi connectivity index (χ3n) is 3.84. The molecule has 138 valence electrons. The monoisotopic (exact) mass is 386 g/mol. The molecule has 8 heteroatoms. The lowest BCUT2D eigenvalue weighted by molar-refractivity contribution is -0.114. The number of hydrogen-bond donors (Lipinski definition) is 2. The normalized spacial score (nSPS) is 10.5. The van der Waals surface area contributed by atoms with E-state index in [1.165, 1.54) is 31.3 Å². The lowest BCUT2D eigenvalue weighted by Gasteiger charge is -2.09. The average molecular weight is 387 g/mol. The highest BCUT2D eigenvalue weighted by molar-refractivity contribution is 6.30. The number of halogens is 2. The molecular weight excluding hydrogens is 371 g/mol. The number of anilines is 2. The van der Waals surface area contributed by atoms with Gasteiger partial charge in [0.2, 0.25) is 5.91 Å². The number of carbonyl (C=O) groups is 2. The van der Waals surface area contributed by atoms with E-state index in [-0.39, 0.29) is 5.69 Å². The van der Waals surface area contributed by atoms with E-state index in [1.807, 2.05) is 6.07 Å². The number of nitrogens with zero attached hydrogens (tertiary/aromatic N) is 2. The zero-order valence-corrected chi connectivity index (χ0v) is 15.3. The van der Waals surface area contributed by atoms with E-state index in [4.69, 9.17) is 11.6 Å². The van der Waals surface area contributed by atoms with E-state index >= 15 is 0 Å². The summed E-state index contributed by atoms with van der Waals surface area (Å²) >= 11 is 6.01. The van der Waals surface area contributed by atoms with Crippen molar-refractivity contribution in [1.29, 1.82) is 0 Å². The molecule has 0 unspecified atom stereocenters. The Balaban J connectivity index is 1.84. The molecule has 0 aliphatic carbocycles. The fourth-order valence-corrected chi connectivity index (χ4v) is 2.77. The second-order valence-corrected chi connectivity index (χ2v) is 6.30. The maximum Gasteiger partial charge on any atom is 0.259 e. The Morgan fingerprint density at radius 1 is 1.15 bits per heavy atom. The minimum Gasteiger partial charge on any atom is -0.324 e. The van der Waals surface area contributed by atoms with E-state index < -0.39 is 17.6 Å². The number of hydrogen-bond acceptors (Lipinski definition) is 3. The van der Waals surface area contributed by atoms with Gasteiger partial charge in [-0.3, -0.25) is 9.59 Å². The molecule has 2 amide bonds. The van der Waals surface area contributed by atoms with Gasteiger partial charge in [-0.1, -0.05) is 17.7 Å². The van der Waals surface area contributed by atoms with Crippen LogP contribution in [0.15, 0.2) is 48.7 Å². The Bertz CT molecular complexity index is 1030. The molecule has 0 saturated carbocycles. The van der Waals surface area contributed by atoms with Crippen LogP contribution in [-0.4, -0.2) is 21.6 Å². The number of amides is 2. The molecule has 0 atom stereocenters. The molecule has 0 spiro atoms. The van der Waals surface area contributed by atoms with Crippen molar-refractivity contribution in [1.82, 2.24) is 9.78 Å². The van der Waals surface area contributed by atoms with Gasteiger partial charge in [0.15, 0.2) is 0 Å². The Morgan fingerprint density at radius 2 is 1.93 bits per heavy atom. The molecule has 1 aromatic heterocycles. The Labute approximate surface area is 160 Å². The van der Waals surface area contributed by atoms with Crippen molar-refractivity contribution in [3.05, 3.63) is 70.8 Å². The van der Waals surface area contributed by atoms with Gasteiger partial charge in [-0.2, -0.15) is 5.10 Å². The molecule has 0 aliphatic rings. The van der Waals surface area contributed by atoms with Crippen molar-refractivity contribution < 1.29 is 14.0 Å². The molecule has 27 heavy (non-hydrogen) atoms. The average Bonchev–Trinajstić information content (AvgIpc) is 2.99. The summed E-state index contributed by atoms with van der Waals surface area (Å²) in [6, 6.07) is 11.0. The van der Waals surface area contributed by atoms with Gasteiger partial charge in [0.1, 0.15) is 5.82 Å². The van der Waals surface area contributed by atoms with Gasteiger partial charge in [0, 0.05) is 17.6 Å². The summed E-state index contributed by atoms with van der Waals surface area (Å²) in [4.78, 5) is 23.7. The SMILES string of the molecule is CC(=O)Nc1cc(NC(=O)c2cnn(-c3cccc(Cl)c3)c2C)ccc1F. The zero-order chi connectivity index (χ0) is 19.6. The molecular formula is C19H16ClFN4O2. The van der Waals surface area contributed by atoms with Crippen LogP contribution in [0.3, 0.4) is 0 Å². The molecule has 0 aliphatic heterocycles. The summed E-state index contributed by atoms with van der Waals surface area (Å²) in [7, 11) is 0. The maximum absolute atomic E-state index is 13.7. The molecule has 0 fully saturated rings. The first kappa shape index (κ1) is 18.6. The second kappa shape index (κ2) is 7.59. The molecule has 1 heterocycles. The number of nitrogens with one attached hydrogen (secondary N) is 2. The molecule has 0 bridgehead atoms. The predicted molar refractivity (Wildman–Crippen MR) is 102 cm³/mol. The minimum absolute atomic E-state index is 0.00774. The highest BCUT2D eigenvalue weighted by atomic mass is 35.5. The van der Waals surface area contributed by atoms with E-state index in [2.05, 4.69) is 15.7 Å². The van der Waals surface area contributed by atoms with Crippen LogP contribution in [0.1, 0.15) is 23.0 Å². The lowest BCUT2D eigenvalue weighted by atomic mass is 10.2. The van der Waals surface area contributed by atoms with Crippen LogP contribution in [0.25, 0.3) is 5.69 Å². The van der Waals surface area contributed by atoms with E-state index in [0.717, 1.165) is 5.69 Å². The van der Waals surface area contributed by atoms with Crippen LogP contribution in [0.5, 0.6) is 0 Å². The van der Waals surface area contributed by atoms with Gasteiger partial charge in [-0.25, -0.2) is 9.07 Å². The Hall–Kier alpha value is -3.19. The summed E-state index contributed by atoms with van der Waals surface area (Å²) in [6.45, 7) is 3.04. The Morgan fingerprint density at radius 3 is 2.63 bits per heavy atom. The summed E-state index contributed by atoms with van der Waals surface area (Å²) in [5, 5.41) is 9.86. The second-order valence-electron chi connectivity index (χ2n) is 5.87. The smallest absolute Gasteiger partial charge is 0.259 e. The molecule has 3 aromatic rings. The number of carbonyl (C=O) groups excluding carboxylic acids is 2. The van der Waals surface area contributed by atoms with E-state index in [0.29, 0.717) is 22.0 Å². The fraction of sp³-hybridized carbons (Fsp3) is 0.105. The topological polar surface area (TPSA) is 76.0 Å². The predicted octanol–water partition coefficient (Wildman–Crippen LogP) is 4.18. The van der Waals surface area contributed by atoms with E-state index in [1.54, 1.807) is 29.8 Å². The van der Waals surface area contributed by atoms with Crippen LogP contribution < -0.4 is 10.6 Å². The van der Waals surface area contributed by atoms with Gasteiger partial charge in [0.25, 0.3) is 5.91 Å². The fourth-order valence-electron chi connectivity index (χ4n) is 2.59. The lowest BCUT2D eigenvalue weighted by Crippen LogP contribution is -2.14. The molecule has 3 rings (SSSR count). The van der Waals surface area contributed by atoms with Crippen molar-refractivity contribution in [3.8, 4) is 5.69 Å². The summed E-state index contributed by atoms with van der Waals surface area (Å²) < 4.78 is 15.3. The highest BCUT2D eigenvalue weighted by Gasteiger charge is 2.16. The first-order valence-electron chi connectivity index (χ1n) is 8.04. The van der Waals surface area contributed by atoms with Crippen molar-refractivity contribution >= 4 is 34.8 Å². The third kappa shape index (κ3) is 4.15. The summed E-state index contributed by atoms with van der Waals surface area (Å²) in [5.74, 6) is -1.40. The summed E-state index contributed by atoms with van der Waals surface area (Å²) in [5.41, 5.74) is 2.06. The Kier molecular flexibility index (Phi) is 5.23. The van der Waals surface area contributed by atoms with Gasteiger partial charge in [-0.05, 0) is 43.3 Å². The summed E-state index contributed by atoms with van der Waals surface area (Å²) in [6.07, 6.45) is 1.45. The first-order chi connectivity index (χ1) is 12.8. The van der Waals surface area contributed by atoms with Gasteiger partial charge in [0.05, 0.1) is 28.8 Å². The van der Waals surface area contributed by atoms with Crippen molar-refractivity contribution in [2.24, 2.45) is 0 Å². The quantitative estimate of drug-likeness (QED) is 0.706. The third-order valence-corrected chi connectivity index (χ3v) is 4.08. The largest absolute Gasteiger partial charge is 0.324 e. The number of benzene rings is 2. The van der Waals surface area contributed by atoms with Crippen molar-refractivity contribution in [2.45, 2.75) is 13.8 Å². The van der Waals surface area contributed by atoms with E-state index in [9.17, 15) is 14.0 Å². The van der Waals surface area contributed by atoms with Gasteiger partial charge in [-0.15, -0.1) is 0 Å². The van der Waals surface area contributed by atoms with Crippen LogP contribution in [-0.2, 0) is 4.79 Å². The maximum atomic E-state index is 13.7. The molecule has 2 N–H and O–H groups in total. The van der Waals surface area contributed by atoms with Crippen LogP contribution in [0.2, 0.25) is 5.02 Å². The van der Waals surface area contributed by atoms with Crippen molar-refractivity contribution in [2.75, 3.05) is 10.6 Å². The molecule has 6 nitrogen and oxygen atoms in total. The van der Waals surface area contributed by atoms with Crippen LogP contribution >= 0.6 is 11.6 Å². The van der Waals surface area contributed by atoms with Crippen LogP contribution in [0, 0.1) is 12.7 Å². The number of rotatable bonds is 4. The van der Waals surface area contributed by atoms with Crippen LogP contribution in [0.4, 0.5) is 15.8 Å². The van der Waals surface area contributed by atoms with Gasteiger partial charge >= 0.3 is 0 Å². The zero-order valence-electron chi connectivity index (χ0n) is 14.6. The highest BCUT2D eigenvalue weighted by Crippen LogP contribution is 2.22. The number of aromatic nitrogens is 2.